The van der Waals surface area contributed by atoms with Gasteiger partial charge in [-0.15, -0.1) is 0 Å². The molecule has 1 N–H and O–H groups in total. The fourth-order valence-electron chi connectivity index (χ4n) is 3.27. The van der Waals surface area contributed by atoms with Crippen LogP contribution in [0.2, 0.25) is 0 Å². The van der Waals surface area contributed by atoms with Gasteiger partial charge in [0, 0.05) is 19.1 Å². The lowest BCUT2D eigenvalue weighted by Crippen LogP contribution is -2.58. The molecular weight excluding hydrogens is 315 g/mol. The summed E-state index contributed by atoms with van der Waals surface area (Å²) >= 11 is 0. The number of carboxylic acid groups (broad SMARTS) is 1. The van der Waals surface area contributed by atoms with Crippen LogP contribution in [0, 0.1) is 0 Å². The maximum absolute atomic E-state index is 12.6. The summed E-state index contributed by atoms with van der Waals surface area (Å²) < 4.78 is 37.7. The minimum atomic E-state index is -4.97. The molecule has 6 nitrogen and oxygen atoms in total. The Bertz CT molecular complexity index is 677. The van der Waals surface area contributed by atoms with Gasteiger partial charge in [0.2, 0.25) is 0 Å². The number of fused-ring (bicyclic) bond motifs is 3. The quantitative estimate of drug-likeness (QED) is 0.797. The first-order valence-electron chi connectivity index (χ1n) is 7.06. The fraction of sp³-hybridized carbons (Fsp3) is 0.500. The summed E-state index contributed by atoms with van der Waals surface area (Å²) in [6, 6.07) is 2.15. The largest absolute Gasteiger partial charge is 0.465 e. The van der Waals surface area contributed by atoms with Crippen molar-refractivity contribution in [2.45, 2.75) is 31.6 Å². The zero-order valence-electron chi connectivity index (χ0n) is 12.2. The number of ketones is 1. The molecule has 3 rings (SSSR count). The molecule has 1 aromatic rings. The first-order valence-corrected chi connectivity index (χ1v) is 7.06. The second-order valence-corrected chi connectivity index (χ2v) is 5.81. The molecule has 1 saturated heterocycles. The molecule has 2 atom stereocenters. The predicted octanol–water partition coefficient (Wildman–Crippen LogP) is 1.94. The maximum atomic E-state index is 12.6. The number of amides is 1. The minimum Gasteiger partial charge on any atom is -0.465 e. The Morgan fingerprint density at radius 2 is 2.00 bits per heavy atom. The van der Waals surface area contributed by atoms with Crippen LogP contribution in [0.5, 0.6) is 0 Å². The van der Waals surface area contributed by atoms with E-state index in [1.807, 2.05) is 4.90 Å². The molecule has 2 aliphatic rings. The van der Waals surface area contributed by atoms with E-state index < -0.39 is 23.7 Å². The van der Waals surface area contributed by atoms with Crippen molar-refractivity contribution in [3.05, 3.63) is 23.4 Å². The Hall–Kier alpha value is -2.32. The van der Waals surface area contributed by atoms with Crippen LogP contribution in [0.1, 0.15) is 23.0 Å². The summed E-state index contributed by atoms with van der Waals surface area (Å²) in [4.78, 5) is 29.5. The van der Waals surface area contributed by atoms with Gasteiger partial charge in [-0.25, -0.2) is 9.78 Å². The van der Waals surface area contributed by atoms with Crippen LogP contribution in [-0.2, 0) is 6.42 Å². The molecule has 1 aromatic heterocycles. The third-order valence-corrected chi connectivity index (χ3v) is 4.20. The normalized spacial score (nSPS) is 23.5. The molecule has 0 aromatic carbocycles. The number of hydrogen-bond donors (Lipinski definition) is 1. The smallest absolute Gasteiger partial charge is 0.456 e. The summed E-state index contributed by atoms with van der Waals surface area (Å²) in [7, 11) is 0. The van der Waals surface area contributed by atoms with Gasteiger partial charge in [-0.1, -0.05) is 6.07 Å². The van der Waals surface area contributed by atoms with E-state index in [4.69, 9.17) is 5.11 Å². The van der Waals surface area contributed by atoms with Gasteiger partial charge in [0.1, 0.15) is 11.5 Å². The van der Waals surface area contributed by atoms with Crippen molar-refractivity contribution in [1.29, 1.82) is 0 Å². The van der Waals surface area contributed by atoms with Gasteiger partial charge in [-0.3, -0.25) is 4.79 Å². The lowest BCUT2D eigenvalue weighted by molar-refractivity contribution is -0.0888. The highest BCUT2D eigenvalue weighted by molar-refractivity contribution is 5.99. The highest BCUT2D eigenvalue weighted by Crippen LogP contribution is 2.36. The number of rotatable bonds is 1. The molecule has 0 saturated carbocycles. The van der Waals surface area contributed by atoms with Crippen LogP contribution in [0.15, 0.2) is 12.1 Å². The number of piperazine rings is 1. The Labute approximate surface area is 129 Å². The number of alkyl halides is 3. The van der Waals surface area contributed by atoms with Gasteiger partial charge in [0.05, 0.1) is 6.04 Å². The molecule has 0 aliphatic carbocycles. The topological polar surface area (TPSA) is 73.7 Å². The van der Waals surface area contributed by atoms with E-state index >= 15 is 0 Å². The molecule has 9 heteroatoms. The number of aromatic nitrogens is 1. The molecule has 124 valence electrons. The van der Waals surface area contributed by atoms with Crippen molar-refractivity contribution in [2.75, 3.05) is 18.0 Å². The Morgan fingerprint density at radius 1 is 1.30 bits per heavy atom. The number of anilines is 1. The lowest BCUT2D eigenvalue weighted by atomic mass is 10.1. The SMILES string of the molecule is C[C@@H]1CN(C(=O)O)C[C@H]2Cc3ccc(C(=O)C(F)(F)F)nc3N21. The van der Waals surface area contributed by atoms with Crippen molar-refractivity contribution in [2.24, 2.45) is 0 Å². The molecule has 1 amide bonds. The number of halogens is 3. The molecule has 0 unspecified atom stereocenters. The molecular formula is C14H14F3N3O3. The predicted molar refractivity (Wildman–Crippen MR) is 73.7 cm³/mol. The lowest BCUT2D eigenvalue weighted by Gasteiger charge is -2.42. The average molecular weight is 329 g/mol. The molecule has 0 radical (unpaired) electrons. The monoisotopic (exact) mass is 329 g/mol. The van der Waals surface area contributed by atoms with E-state index in [1.165, 1.54) is 11.0 Å². The highest BCUT2D eigenvalue weighted by Gasteiger charge is 2.43. The standard InChI is InChI=1S/C14H14F3N3O3/c1-7-5-19(13(22)23)6-9-4-8-2-3-10(11(21)14(15,16)17)18-12(8)20(7)9/h2-3,7,9H,4-6H2,1H3,(H,22,23)/t7-,9-/m1/s1. The molecule has 0 bridgehead atoms. The number of carbonyl (C=O) groups is 2. The van der Waals surface area contributed by atoms with E-state index in [1.54, 1.807) is 6.92 Å². The number of pyridine rings is 1. The van der Waals surface area contributed by atoms with Crippen LogP contribution in [0.25, 0.3) is 0 Å². The third kappa shape index (κ3) is 2.60. The maximum Gasteiger partial charge on any atom is 0.456 e. The van der Waals surface area contributed by atoms with Crippen LogP contribution in [0.4, 0.5) is 23.8 Å². The summed E-state index contributed by atoms with van der Waals surface area (Å²) in [6.07, 6.45) is -5.49. The molecule has 0 spiro atoms. The summed E-state index contributed by atoms with van der Waals surface area (Å²) in [5, 5.41) is 9.12. The minimum absolute atomic E-state index is 0.173. The van der Waals surface area contributed by atoms with Crippen LogP contribution < -0.4 is 4.90 Å². The fourth-order valence-corrected chi connectivity index (χ4v) is 3.27. The van der Waals surface area contributed by atoms with Gasteiger partial charge in [0.15, 0.2) is 0 Å². The highest BCUT2D eigenvalue weighted by atomic mass is 19.4. The van der Waals surface area contributed by atoms with Crippen molar-refractivity contribution in [1.82, 2.24) is 9.88 Å². The first-order chi connectivity index (χ1) is 10.7. The number of Topliss-reactive ketones (excluding diaryl/α,β-unsaturated/α-hetero) is 1. The molecule has 2 aliphatic heterocycles. The van der Waals surface area contributed by atoms with Gasteiger partial charge in [-0.05, 0) is 25.0 Å². The average Bonchev–Trinajstić information content (AvgIpc) is 2.83. The summed E-state index contributed by atoms with van der Waals surface area (Å²) in [6.45, 7) is 2.29. The van der Waals surface area contributed by atoms with Gasteiger partial charge < -0.3 is 14.9 Å². The number of nitrogens with zero attached hydrogens (tertiary/aromatic N) is 3. The van der Waals surface area contributed by atoms with Crippen molar-refractivity contribution < 1.29 is 27.9 Å². The molecule has 1 fully saturated rings. The number of carbonyl (C=O) groups excluding carboxylic acids is 1. The second kappa shape index (κ2) is 5.10. The van der Waals surface area contributed by atoms with E-state index in [0.717, 1.165) is 11.6 Å². The van der Waals surface area contributed by atoms with E-state index in [9.17, 15) is 22.8 Å². The summed E-state index contributed by atoms with van der Waals surface area (Å²) in [5.41, 5.74) is 0.0950. The van der Waals surface area contributed by atoms with Gasteiger partial charge >= 0.3 is 12.3 Å². The Morgan fingerprint density at radius 3 is 2.61 bits per heavy atom. The second-order valence-electron chi connectivity index (χ2n) is 5.81. The zero-order chi connectivity index (χ0) is 16.9. The summed E-state index contributed by atoms with van der Waals surface area (Å²) in [5.74, 6) is -1.62. The van der Waals surface area contributed by atoms with E-state index in [-0.39, 0.29) is 25.2 Å². The van der Waals surface area contributed by atoms with Crippen molar-refractivity contribution in [3.8, 4) is 0 Å². The van der Waals surface area contributed by atoms with E-state index in [2.05, 4.69) is 4.98 Å². The Kier molecular flexibility index (Phi) is 3.46. The van der Waals surface area contributed by atoms with Crippen LogP contribution >= 0.6 is 0 Å². The first kappa shape index (κ1) is 15.6. The van der Waals surface area contributed by atoms with Gasteiger partial charge in [0.25, 0.3) is 5.78 Å². The van der Waals surface area contributed by atoms with Crippen LogP contribution in [-0.4, -0.2) is 58.2 Å². The van der Waals surface area contributed by atoms with E-state index in [0.29, 0.717) is 12.2 Å². The van der Waals surface area contributed by atoms with Crippen molar-refractivity contribution >= 4 is 17.7 Å². The Balaban J connectivity index is 1.92. The van der Waals surface area contributed by atoms with Gasteiger partial charge in [-0.2, -0.15) is 13.2 Å². The van der Waals surface area contributed by atoms with Crippen LogP contribution in [0.3, 0.4) is 0 Å². The van der Waals surface area contributed by atoms with Crippen molar-refractivity contribution in [3.63, 3.8) is 0 Å². The molecule has 23 heavy (non-hydrogen) atoms. The zero-order valence-corrected chi connectivity index (χ0v) is 12.2. The number of hydrogen-bond acceptors (Lipinski definition) is 4. The third-order valence-electron chi connectivity index (χ3n) is 4.20. The molecule has 3 heterocycles.